The molecule has 0 spiro atoms. The fourth-order valence-electron chi connectivity index (χ4n) is 10.3. The van der Waals surface area contributed by atoms with Gasteiger partial charge >= 0.3 is 24.0 Å². The van der Waals surface area contributed by atoms with Crippen molar-refractivity contribution in [2.75, 3.05) is 24.6 Å². The molecule has 3 fully saturated rings. The van der Waals surface area contributed by atoms with E-state index in [4.69, 9.17) is 9.47 Å². The van der Waals surface area contributed by atoms with Crippen molar-refractivity contribution in [1.82, 2.24) is 4.90 Å². The first-order chi connectivity index (χ1) is 24.2. The SMILES string of the molecule is CC(=O)Oc1ccc2c(c1)C[C@@H](CCCCCN1CCC[C@H]1CS(=O)(=O)CCCC(F)(F)C(F)(F)F)[C@@H]1[C@@H]2C(F)C[C@@]2(C)[C@H]1CC[C@]2(C)OC(C)=O. The van der Waals surface area contributed by atoms with E-state index in [0.717, 1.165) is 49.7 Å². The van der Waals surface area contributed by atoms with Gasteiger partial charge in [0.25, 0.3) is 0 Å². The maximum Gasteiger partial charge on any atom is 0.453 e. The van der Waals surface area contributed by atoms with E-state index in [1.165, 1.54) is 13.8 Å². The molecule has 0 bridgehead atoms. The average molecular weight is 766 g/mol. The first-order valence-corrected chi connectivity index (χ1v) is 20.5. The summed E-state index contributed by atoms with van der Waals surface area (Å²) >= 11 is 0. The summed E-state index contributed by atoms with van der Waals surface area (Å²) in [5, 5.41) is 0. The molecule has 14 heteroatoms. The first kappa shape index (κ1) is 40.8. The Morgan fingerprint density at radius 3 is 2.40 bits per heavy atom. The van der Waals surface area contributed by atoms with Crippen LogP contribution in [-0.4, -0.2) is 79.8 Å². The lowest BCUT2D eigenvalue weighted by molar-refractivity contribution is -0.284. The Morgan fingerprint density at radius 1 is 1.00 bits per heavy atom. The summed E-state index contributed by atoms with van der Waals surface area (Å²) in [5.41, 5.74) is 0.644. The molecule has 1 aromatic carbocycles. The van der Waals surface area contributed by atoms with E-state index in [2.05, 4.69) is 11.8 Å². The zero-order chi connectivity index (χ0) is 38.3. The first-order valence-electron chi connectivity index (χ1n) is 18.7. The Kier molecular flexibility index (Phi) is 12.1. The Hall–Kier alpha value is -2.35. The molecule has 0 radical (unpaired) electrons. The summed E-state index contributed by atoms with van der Waals surface area (Å²) in [6.07, 6.45) is -1.94. The number of unbranched alkanes of at least 4 members (excludes halogenated alkanes) is 2. The second-order valence-electron chi connectivity index (χ2n) is 16.2. The van der Waals surface area contributed by atoms with Crippen LogP contribution < -0.4 is 4.74 Å². The third-order valence-corrected chi connectivity index (χ3v) is 14.6. The van der Waals surface area contributed by atoms with Crippen molar-refractivity contribution in [2.24, 2.45) is 23.2 Å². The van der Waals surface area contributed by atoms with Crippen molar-refractivity contribution in [2.45, 2.75) is 141 Å². The lowest BCUT2D eigenvalue weighted by Crippen LogP contribution is -2.56. The summed E-state index contributed by atoms with van der Waals surface area (Å²) in [7, 11) is -3.82. The minimum atomic E-state index is -5.70. The van der Waals surface area contributed by atoms with Crippen LogP contribution in [0.2, 0.25) is 0 Å². The number of nitrogens with zero attached hydrogens (tertiary/aromatic N) is 1. The van der Waals surface area contributed by atoms with E-state index >= 15 is 4.39 Å². The predicted molar refractivity (Wildman–Crippen MR) is 184 cm³/mol. The molecular formula is C38H53F6NO6S. The van der Waals surface area contributed by atoms with Gasteiger partial charge in [0.05, 0.1) is 11.5 Å². The predicted octanol–water partition coefficient (Wildman–Crippen LogP) is 8.38. The van der Waals surface area contributed by atoms with Gasteiger partial charge in [-0.05, 0) is 119 Å². The summed E-state index contributed by atoms with van der Waals surface area (Å²) in [6.45, 7) is 8.11. The molecule has 1 aliphatic heterocycles. The molecule has 8 atom stereocenters. The number of rotatable bonds is 14. The Bertz CT molecular complexity index is 1570. The number of alkyl halides is 6. The number of esters is 2. The van der Waals surface area contributed by atoms with Gasteiger partial charge in [-0.1, -0.05) is 25.8 Å². The molecule has 0 aromatic heterocycles. The van der Waals surface area contributed by atoms with E-state index in [9.17, 15) is 40.0 Å². The summed E-state index contributed by atoms with van der Waals surface area (Å²) in [6, 6.07) is 5.20. The van der Waals surface area contributed by atoms with Gasteiger partial charge in [-0.3, -0.25) is 14.5 Å². The van der Waals surface area contributed by atoms with Crippen molar-refractivity contribution in [3.8, 4) is 5.75 Å². The maximum atomic E-state index is 16.6. The van der Waals surface area contributed by atoms with Crippen molar-refractivity contribution in [3.63, 3.8) is 0 Å². The molecule has 294 valence electrons. The van der Waals surface area contributed by atoms with Crippen LogP contribution in [0.25, 0.3) is 0 Å². The molecule has 3 aliphatic carbocycles. The van der Waals surface area contributed by atoms with Crippen LogP contribution in [0.5, 0.6) is 5.75 Å². The number of hydrogen-bond donors (Lipinski definition) is 0. The molecule has 1 heterocycles. The highest BCUT2D eigenvalue weighted by Crippen LogP contribution is 2.67. The molecule has 1 aromatic rings. The lowest BCUT2D eigenvalue weighted by Gasteiger charge is -2.56. The molecule has 7 nitrogen and oxygen atoms in total. The Balaban J connectivity index is 1.22. The normalized spacial score (nSPS) is 32.2. The van der Waals surface area contributed by atoms with Crippen molar-refractivity contribution in [1.29, 1.82) is 0 Å². The zero-order valence-corrected chi connectivity index (χ0v) is 31.4. The number of benzene rings is 1. The second kappa shape index (κ2) is 15.4. The Morgan fingerprint density at radius 2 is 1.73 bits per heavy atom. The highest BCUT2D eigenvalue weighted by Gasteiger charge is 2.65. The zero-order valence-electron chi connectivity index (χ0n) is 30.6. The summed E-state index contributed by atoms with van der Waals surface area (Å²) in [4.78, 5) is 26.0. The van der Waals surface area contributed by atoms with Crippen molar-refractivity contribution < 1.29 is 53.8 Å². The number of likely N-dealkylation sites (tertiary alicyclic amines) is 1. The van der Waals surface area contributed by atoms with Crippen molar-refractivity contribution in [3.05, 3.63) is 29.3 Å². The highest BCUT2D eigenvalue weighted by molar-refractivity contribution is 7.91. The van der Waals surface area contributed by atoms with Crippen LogP contribution in [0.3, 0.4) is 0 Å². The van der Waals surface area contributed by atoms with Crippen molar-refractivity contribution >= 4 is 21.8 Å². The van der Waals surface area contributed by atoms with Crippen LogP contribution >= 0.6 is 0 Å². The molecule has 5 rings (SSSR count). The fraction of sp³-hybridized carbons (Fsp3) is 0.789. The topological polar surface area (TPSA) is 90.0 Å². The van der Waals surface area contributed by atoms with E-state index < -0.39 is 63.7 Å². The minimum Gasteiger partial charge on any atom is -0.459 e. The van der Waals surface area contributed by atoms with Crippen LogP contribution in [0.15, 0.2) is 18.2 Å². The molecule has 1 unspecified atom stereocenters. The number of sulfone groups is 1. The smallest absolute Gasteiger partial charge is 0.453 e. The Labute approximate surface area is 303 Å². The van der Waals surface area contributed by atoms with Gasteiger partial charge in [0.2, 0.25) is 0 Å². The summed E-state index contributed by atoms with van der Waals surface area (Å²) in [5.74, 6) is -6.26. The van der Waals surface area contributed by atoms with Gasteiger partial charge in [0.15, 0.2) is 9.84 Å². The number of ether oxygens (including phenoxy) is 2. The van der Waals surface area contributed by atoms with Crippen LogP contribution in [-0.2, 0) is 30.6 Å². The molecule has 0 N–H and O–H groups in total. The number of carbonyl (C=O) groups excluding carboxylic acids is 2. The van der Waals surface area contributed by atoms with E-state index in [0.29, 0.717) is 38.1 Å². The minimum absolute atomic E-state index is 0.0301. The number of halogens is 6. The molecular weight excluding hydrogens is 712 g/mol. The molecule has 4 aliphatic rings. The largest absolute Gasteiger partial charge is 0.459 e. The lowest BCUT2D eigenvalue weighted by atomic mass is 9.50. The van der Waals surface area contributed by atoms with Crippen LogP contribution in [0.4, 0.5) is 26.3 Å². The number of carbonyl (C=O) groups is 2. The van der Waals surface area contributed by atoms with E-state index in [-0.39, 0.29) is 47.9 Å². The molecule has 0 amide bonds. The molecule has 2 saturated carbocycles. The van der Waals surface area contributed by atoms with Gasteiger partial charge in [-0.15, -0.1) is 0 Å². The highest BCUT2D eigenvalue weighted by atomic mass is 32.2. The van der Waals surface area contributed by atoms with Gasteiger partial charge in [-0.25, -0.2) is 12.8 Å². The number of hydrogen-bond acceptors (Lipinski definition) is 7. The summed E-state index contributed by atoms with van der Waals surface area (Å²) < 4.78 is 117. The van der Waals surface area contributed by atoms with Gasteiger partial charge < -0.3 is 9.47 Å². The molecule has 1 saturated heterocycles. The van der Waals surface area contributed by atoms with E-state index in [1.54, 1.807) is 6.07 Å². The average Bonchev–Trinajstić information content (AvgIpc) is 3.54. The fourth-order valence-corrected chi connectivity index (χ4v) is 12.0. The third kappa shape index (κ3) is 8.62. The van der Waals surface area contributed by atoms with Gasteiger partial charge in [0.1, 0.15) is 17.5 Å². The standard InChI is InChI=1S/C38H53F6NO6S/c1-24(46)50-29-12-13-30-27(21-29)20-26(33-31-14-16-36(4,51-25(2)47)35(31,3)22-32(39)34(30)33)10-6-5-7-17-45-18-8-11-28(45)23-52(48,49)19-9-15-37(40,41)38(42,43)44/h12-13,21,26,28,31-34H,5-11,14-20,22-23H2,1-4H3/t26-,28+,31+,32?,33+,34+,35+,36+/m1/s1. The number of fused-ring (bicyclic) bond motifs is 5. The van der Waals surface area contributed by atoms with Crippen LogP contribution in [0, 0.1) is 23.2 Å². The van der Waals surface area contributed by atoms with Crippen LogP contribution in [0.1, 0.15) is 115 Å². The maximum absolute atomic E-state index is 16.6. The molecule has 52 heavy (non-hydrogen) atoms. The second-order valence-corrected chi connectivity index (χ2v) is 18.5. The van der Waals surface area contributed by atoms with Gasteiger partial charge in [-0.2, -0.15) is 22.0 Å². The third-order valence-electron chi connectivity index (χ3n) is 12.8. The van der Waals surface area contributed by atoms with Gasteiger partial charge in [0, 0.05) is 37.6 Å². The van der Waals surface area contributed by atoms with E-state index in [1.807, 2.05) is 19.1 Å². The quantitative estimate of drug-likeness (QED) is 0.0814. The monoisotopic (exact) mass is 765 g/mol.